The summed E-state index contributed by atoms with van der Waals surface area (Å²) in [5.74, 6) is 2.33. The summed E-state index contributed by atoms with van der Waals surface area (Å²) in [7, 11) is 0. The van der Waals surface area contributed by atoms with Crippen molar-refractivity contribution in [3.63, 3.8) is 0 Å². The van der Waals surface area contributed by atoms with E-state index in [0.717, 1.165) is 18.8 Å². The third kappa shape index (κ3) is 4.30. The van der Waals surface area contributed by atoms with Gasteiger partial charge >= 0.3 is 0 Å². The van der Waals surface area contributed by atoms with Crippen molar-refractivity contribution in [1.29, 1.82) is 0 Å². The Hall–Kier alpha value is -0.900. The predicted molar refractivity (Wildman–Crippen MR) is 77.7 cm³/mol. The lowest BCUT2D eigenvalue weighted by Gasteiger charge is -2.22. The zero-order valence-electron chi connectivity index (χ0n) is 12.4. The molecule has 1 aliphatic rings. The maximum atomic E-state index is 6.43. The minimum atomic E-state index is 0.244. The molecule has 0 aromatic carbocycles. The fourth-order valence-corrected chi connectivity index (χ4v) is 3.06. The molecule has 0 spiro atoms. The highest BCUT2D eigenvalue weighted by atomic mass is 15.3. The van der Waals surface area contributed by atoms with Crippen molar-refractivity contribution in [2.24, 2.45) is 17.6 Å². The topological polar surface area (TPSA) is 56.7 Å². The van der Waals surface area contributed by atoms with Crippen molar-refractivity contribution in [2.75, 3.05) is 0 Å². The van der Waals surface area contributed by atoms with Crippen LogP contribution < -0.4 is 5.73 Å². The fourth-order valence-electron chi connectivity index (χ4n) is 3.06. The summed E-state index contributed by atoms with van der Waals surface area (Å²) in [6, 6.07) is 0.244. The van der Waals surface area contributed by atoms with E-state index in [1.165, 1.54) is 38.5 Å². The molecule has 4 nitrogen and oxygen atoms in total. The second-order valence-electron chi connectivity index (χ2n) is 6.37. The molecule has 0 radical (unpaired) electrons. The number of rotatable bonds is 5. The molecule has 1 aliphatic carbocycles. The molecule has 1 unspecified atom stereocenters. The first kappa shape index (κ1) is 14.5. The Morgan fingerprint density at radius 3 is 2.58 bits per heavy atom. The summed E-state index contributed by atoms with van der Waals surface area (Å²) in [6.45, 7) is 5.35. The predicted octanol–water partition coefficient (Wildman–Crippen LogP) is 2.77. The molecule has 1 aromatic rings. The van der Waals surface area contributed by atoms with E-state index in [1.807, 2.05) is 4.68 Å². The zero-order chi connectivity index (χ0) is 13.7. The largest absolute Gasteiger partial charge is 0.327 e. The highest BCUT2D eigenvalue weighted by Gasteiger charge is 2.21. The average molecular weight is 264 g/mol. The van der Waals surface area contributed by atoms with Gasteiger partial charge in [-0.05, 0) is 24.7 Å². The highest BCUT2D eigenvalue weighted by molar-refractivity contribution is 4.91. The molecule has 0 saturated heterocycles. The molecule has 4 heteroatoms. The number of aromatic nitrogens is 3. The first-order chi connectivity index (χ1) is 9.16. The Balaban J connectivity index is 1.93. The van der Waals surface area contributed by atoms with Gasteiger partial charge < -0.3 is 5.73 Å². The van der Waals surface area contributed by atoms with Gasteiger partial charge in [-0.1, -0.05) is 39.5 Å². The number of hydrogen-bond donors (Lipinski definition) is 1. The molecule has 2 N–H and O–H groups in total. The van der Waals surface area contributed by atoms with Crippen LogP contribution in [0.15, 0.2) is 6.33 Å². The fraction of sp³-hybridized carbons (Fsp3) is 0.867. The van der Waals surface area contributed by atoms with Crippen molar-refractivity contribution in [2.45, 2.75) is 71.4 Å². The van der Waals surface area contributed by atoms with Crippen LogP contribution in [0.3, 0.4) is 0 Å². The van der Waals surface area contributed by atoms with E-state index in [4.69, 9.17) is 5.73 Å². The van der Waals surface area contributed by atoms with Crippen LogP contribution in [0.2, 0.25) is 0 Å². The zero-order valence-corrected chi connectivity index (χ0v) is 12.4. The van der Waals surface area contributed by atoms with E-state index in [-0.39, 0.29) is 6.04 Å². The van der Waals surface area contributed by atoms with Crippen LogP contribution in [0.1, 0.15) is 58.2 Å². The molecular weight excluding hydrogens is 236 g/mol. The van der Waals surface area contributed by atoms with Gasteiger partial charge in [-0.2, -0.15) is 5.10 Å². The van der Waals surface area contributed by atoms with Crippen molar-refractivity contribution in [3.05, 3.63) is 12.2 Å². The van der Waals surface area contributed by atoms with Crippen LogP contribution in [-0.4, -0.2) is 20.8 Å². The quantitative estimate of drug-likeness (QED) is 0.832. The Morgan fingerprint density at radius 2 is 1.95 bits per heavy atom. The van der Waals surface area contributed by atoms with E-state index in [1.54, 1.807) is 6.33 Å². The van der Waals surface area contributed by atoms with Crippen LogP contribution in [0.5, 0.6) is 0 Å². The third-order valence-electron chi connectivity index (χ3n) is 4.16. The van der Waals surface area contributed by atoms with Gasteiger partial charge in [0.25, 0.3) is 0 Å². The summed E-state index contributed by atoms with van der Waals surface area (Å²) in [5.41, 5.74) is 6.43. The maximum Gasteiger partial charge on any atom is 0.138 e. The minimum absolute atomic E-state index is 0.244. The second kappa shape index (κ2) is 7.04. The number of hydrogen-bond acceptors (Lipinski definition) is 3. The van der Waals surface area contributed by atoms with Gasteiger partial charge in [-0.3, -0.25) is 0 Å². The number of nitrogens with zero attached hydrogens (tertiary/aromatic N) is 3. The summed E-state index contributed by atoms with van der Waals surface area (Å²) < 4.78 is 2.03. The van der Waals surface area contributed by atoms with E-state index in [9.17, 15) is 0 Å². The molecule has 1 saturated carbocycles. The number of nitrogens with two attached hydrogens (primary N) is 1. The first-order valence-corrected chi connectivity index (χ1v) is 7.79. The third-order valence-corrected chi connectivity index (χ3v) is 4.16. The normalized spacial score (nSPS) is 19.6. The standard InChI is InChI=1S/C15H28N4/c1-12(2)10-19-15(17-11-18-19)9-14(16)13-7-5-3-4-6-8-13/h11-14H,3-10,16H2,1-2H3. The average Bonchev–Trinajstić information content (AvgIpc) is 2.65. The summed E-state index contributed by atoms with van der Waals surface area (Å²) in [4.78, 5) is 4.40. The molecular formula is C15H28N4. The molecule has 19 heavy (non-hydrogen) atoms. The van der Waals surface area contributed by atoms with Gasteiger partial charge in [-0.15, -0.1) is 0 Å². The minimum Gasteiger partial charge on any atom is -0.327 e. The molecule has 2 rings (SSSR count). The molecule has 108 valence electrons. The monoisotopic (exact) mass is 264 g/mol. The van der Waals surface area contributed by atoms with Crippen molar-refractivity contribution in [3.8, 4) is 0 Å². The molecule has 1 atom stereocenters. The summed E-state index contributed by atoms with van der Waals surface area (Å²) >= 11 is 0. The van der Waals surface area contributed by atoms with Gasteiger partial charge in [0.15, 0.2) is 0 Å². The van der Waals surface area contributed by atoms with E-state index in [0.29, 0.717) is 11.8 Å². The SMILES string of the molecule is CC(C)Cn1ncnc1CC(N)C1CCCCCC1. The highest BCUT2D eigenvalue weighted by Crippen LogP contribution is 2.26. The van der Waals surface area contributed by atoms with E-state index < -0.39 is 0 Å². The summed E-state index contributed by atoms with van der Waals surface area (Å²) in [6.07, 6.45) is 10.6. The second-order valence-corrected chi connectivity index (χ2v) is 6.37. The van der Waals surface area contributed by atoms with Crippen LogP contribution in [0.4, 0.5) is 0 Å². The Kier molecular flexibility index (Phi) is 5.37. The van der Waals surface area contributed by atoms with Gasteiger partial charge in [0, 0.05) is 19.0 Å². The van der Waals surface area contributed by atoms with Crippen LogP contribution in [0, 0.1) is 11.8 Å². The lowest BCUT2D eigenvalue weighted by molar-refractivity contribution is 0.359. The molecule has 1 aromatic heterocycles. The van der Waals surface area contributed by atoms with Gasteiger partial charge in [-0.25, -0.2) is 9.67 Å². The Morgan fingerprint density at radius 1 is 1.26 bits per heavy atom. The van der Waals surface area contributed by atoms with Crippen LogP contribution in [0.25, 0.3) is 0 Å². The van der Waals surface area contributed by atoms with Gasteiger partial charge in [0.1, 0.15) is 12.2 Å². The first-order valence-electron chi connectivity index (χ1n) is 7.79. The summed E-state index contributed by atoms with van der Waals surface area (Å²) in [5, 5.41) is 4.32. The molecule has 1 heterocycles. The van der Waals surface area contributed by atoms with Crippen molar-refractivity contribution < 1.29 is 0 Å². The van der Waals surface area contributed by atoms with Gasteiger partial charge in [0.2, 0.25) is 0 Å². The maximum absolute atomic E-state index is 6.43. The molecule has 0 bridgehead atoms. The molecule has 1 fully saturated rings. The Bertz CT molecular complexity index is 364. The van der Waals surface area contributed by atoms with Crippen molar-refractivity contribution in [1.82, 2.24) is 14.8 Å². The van der Waals surface area contributed by atoms with Crippen LogP contribution >= 0.6 is 0 Å². The van der Waals surface area contributed by atoms with E-state index in [2.05, 4.69) is 23.9 Å². The molecule has 0 aliphatic heterocycles. The van der Waals surface area contributed by atoms with Gasteiger partial charge in [0.05, 0.1) is 0 Å². The van der Waals surface area contributed by atoms with Crippen LogP contribution in [-0.2, 0) is 13.0 Å². The van der Waals surface area contributed by atoms with Crippen molar-refractivity contribution >= 4 is 0 Å². The Labute approximate surface area is 116 Å². The lowest BCUT2D eigenvalue weighted by Crippen LogP contribution is -2.33. The lowest BCUT2D eigenvalue weighted by atomic mass is 9.90. The van der Waals surface area contributed by atoms with E-state index >= 15 is 0 Å². The smallest absolute Gasteiger partial charge is 0.138 e. The molecule has 0 amide bonds.